The minimum absolute atomic E-state index is 0.168. The molecule has 0 heterocycles. The molecule has 0 aliphatic rings. The number of carboxylic acid groups (broad SMARTS) is 1. The van der Waals surface area contributed by atoms with E-state index in [2.05, 4.69) is 5.32 Å². The zero-order valence-corrected chi connectivity index (χ0v) is 8.29. The summed E-state index contributed by atoms with van der Waals surface area (Å²) in [6.07, 6.45) is 1.69. The first-order chi connectivity index (χ1) is 6.11. The molecule has 2 atom stereocenters. The summed E-state index contributed by atoms with van der Waals surface area (Å²) >= 11 is 0. The molecule has 0 amide bonds. The number of hydrogen-bond acceptors (Lipinski definition) is 3. The fourth-order valence-electron chi connectivity index (χ4n) is 1.06. The highest BCUT2D eigenvalue weighted by atomic mass is 16.4. The molecular formula is C9H19NO3. The number of carbonyl (C=O) groups is 1. The van der Waals surface area contributed by atoms with Gasteiger partial charge in [0.25, 0.3) is 0 Å². The molecule has 0 rings (SSSR count). The Balaban J connectivity index is 3.64. The van der Waals surface area contributed by atoms with Crippen molar-refractivity contribution in [3.05, 3.63) is 0 Å². The lowest BCUT2D eigenvalue weighted by molar-refractivity contribution is -0.139. The first-order valence-corrected chi connectivity index (χ1v) is 4.68. The standard InChI is InChI=1S/C9H19NO3/c1-3-8(4-5-11)6-10-7(2)9(12)13/h7-8,10-11H,3-6H2,1-2H3,(H,12,13). The van der Waals surface area contributed by atoms with Gasteiger partial charge >= 0.3 is 5.97 Å². The fraction of sp³-hybridized carbons (Fsp3) is 0.889. The van der Waals surface area contributed by atoms with E-state index in [1.165, 1.54) is 0 Å². The predicted octanol–water partition coefficient (Wildman–Crippen LogP) is 0.458. The summed E-state index contributed by atoms with van der Waals surface area (Å²) in [7, 11) is 0. The second-order valence-corrected chi connectivity index (χ2v) is 3.25. The molecule has 0 aromatic carbocycles. The van der Waals surface area contributed by atoms with Crippen molar-refractivity contribution in [1.29, 1.82) is 0 Å². The average molecular weight is 189 g/mol. The minimum Gasteiger partial charge on any atom is -0.480 e. The van der Waals surface area contributed by atoms with E-state index in [9.17, 15) is 4.79 Å². The summed E-state index contributed by atoms with van der Waals surface area (Å²) in [5, 5.41) is 20.2. The van der Waals surface area contributed by atoms with Crippen molar-refractivity contribution < 1.29 is 15.0 Å². The first kappa shape index (κ1) is 12.4. The number of aliphatic hydroxyl groups excluding tert-OH is 1. The van der Waals surface area contributed by atoms with Crippen molar-refractivity contribution >= 4 is 5.97 Å². The maximum Gasteiger partial charge on any atom is 0.320 e. The van der Waals surface area contributed by atoms with Gasteiger partial charge in [-0.15, -0.1) is 0 Å². The van der Waals surface area contributed by atoms with Crippen LogP contribution in [0.25, 0.3) is 0 Å². The molecule has 0 radical (unpaired) electrons. The Bertz CT molecular complexity index is 150. The van der Waals surface area contributed by atoms with Crippen LogP contribution in [0.1, 0.15) is 26.7 Å². The van der Waals surface area contributed by atoms with E-state index in [-0.39, 0.29) is 6.61 Å². The number of aliphatic hydroxyl groups is 1. The van der Waals surface area contributed by atoms with Crippen molar-refractivity contribution in [2.24, 2.45) is 5.92 Å². The van der Waals surface area contributed by atoms with Crippen LogP contribution in [0.2, 0.25) is 0 Å². The van der Waals surface area contributed by atoms with Gasteiger partial charge in [-0.2, -0.15) is 0 Å². The van der Waals surface area contributed by atoms with E-state index in [1.807, 2.05) is 6.92 Å². The van der Waals surface area contributed by atoms with Gasteiger partial charge in [0, 0.05) is 6.61 Å². The lowest BCUT2D eigenvalue weighted by Gasteiger charge is -2.16. The van der Waals surface area contributed by atoms with Gasteiger partial charge in [-0.3, -0.25) is 4.79 Å². The largest absolute Gasteiger partial charge is 0.480 e. The van der Waals surface area contributed by atoms with E-state index in [0.29, 0.717) is 12.5 Å². The van der Waals surface area contributed by atoms with Gasteiger partial charge in [-0.1, -0.05) is 13.3 Å². The maximum absolute atomic E-state index is 10.4. The van der Waals surface area contributed by atoms with Gasteiger partial charge in [-0.05, 0) is 25.8 Å². The second kappa shape index (κ2) is 6.86. The van der Waals surface area contributed by atoms with Gasteiger partial charge in [0.15, 0.2) is 0 Å². The van der Waals surface area contributed by atoms with Crippen molar-refractivity contribution in [3.8, 4) is 0 Å². The van der Waals surface area contributed by atoms with E-state index in [0.717, 1.165) is 12.8 Å². The summed E-state index contributed by atoms with van der Waals surface area (Å²) in [4.78, 5) is 10.4. The van der Waals surface area contributed by atoms with Crippen molar-refractivity contribution in [3.63, 3.8) is 0 Å². The van der Waals surface area contributed by atoms with Gasteiger partial charge in [-0.25, -0.2) is 0 Å². The molecule has 0 aromatic rings. The molecule has 78 valence electrons. The third-order valence-electron chi connectivity index (χ3n) is 2.20. The van der Waals surface area contributed by atoms with Crippen molar-refractivity contribution in [1.82, 2.24) is 5.32 Å². The smallest absolute Gasteiger partial charge is 0.320 e. The Morgan fingerprint density at radius 3 is 2.54 bits per heavy atom. The molecule has 0 saturated heterocycles. The average Bonchev–Trinajstić information content (AvgIpc) is 2.11. The molecule has 0 aliphatic heterocycles. The van der Waals surface area contributed by atoms with Gasteiger partial charge < -0.3 is 15.5 Å². The zero-order chi connectivity index (χ0) is 10.3. The van der Waals surface area contributed by atoms with Crippen LogP contribution in [0.4, 0.5) is 0 Å². The highest BCUT2D eigenvalue weighted by Crippen LogP contribution is 2.05. The van der Waals surface area contributed by atoms with Crippen LogP contribution in [-0.4, -0.2) is 35.4 Å². The maximum atomic E-state index is 10.4. The van der Waals surface area contributed by atoms with E-state index < -0.39 is 12.0 Å². The molecular weight excluding hydrogens is 170 g/mol. The minimum atomic E-state index is -0.834. The Labute approximate surface area is 79.0 Å². The van der Waals surface area contributed by atoms with Crippen LogP contribution in [-0.2, 0) is 4.79 Å². The van der Waals surface area contributed by atoms with Crippen LogP contribution in [0.5, 0.6) is 0 Å². The lowest BCUT2D eigenvalue weighted by atomic mass is 10.0. The SMILES string of the molecule is CCC(CCO)CNC(C)C(=O)O. The molecule has 13 heavy (non-hydrogen) atoms. The Kier molecular flexibility index (Phi) is 6.54. The van der Waals surface area contributed by atoms with E-state index in [4.69, 9.17) is 10.2 Å². The third kappa shape index (κ3) is 5.60. The molecule has 4 heteroatoms. The van der Waals surface area contributed by atoms with Crippen LogP contribution in [0, 0.1) is 5.92 Å². The van der Waals surface area contributed by atoms with Gasteiger partial charge in [0.2, 0.25) is 0 Å². The third-order valence-corrected chi connectivity index (χ3v) is 2.20. The molecule has 0 bridgehead atoms. The van der Waals surface area contributed by atoms with E-state index >= 15 is 0 Å². The summed E-state index contributed by atoms with van der Waals surface area (Å²) in [5.74, 6) is -0.467. The zero-order valence-electron chi connectivity index (χ0n) is 8.29. The fourth-order valence-corrected chi connectivity index (χ4v) is 1.06. The van der Waals surface area contributed by atoms with E-state index in [1.54, 1.807) is 6.92 Å². The molecule has 0 spiro atoms. The highest BCUT2D eigenvalue weighted by Gasteiger charge is 2.12. The van der Waals surface area contributed by atoms with Crippen molar-refractivity contribution in [2.75, 3.05) is 13.2 Å². The molecule has 0 saturated carbocycles. The summed E-state index contributed by atoms with van der Waals surface area (Å²) in [5.41, 5.74) is 0. The number of aliphatic carboxylic acids is 1. The molecule has 0 fully saturated rings. The molecule has 0 aliphatic carbocycles. The lowest BCUT2D eigenvalue weighted by Crippen LogP contribution is -2.37. The Hall–Kier alpha value is -0.610. The summed E-state index contributed by atoms with van der Waals surface area (Å²) in [6, 6.07) is -0.507. The molecule has 4 nitrogen and oxygen atoms in total. The van der Waals surface area contributed by atoms with Crippen LogP contribution in [0.3, 0.4) is 0 Å². The number of rotatable bonds is 7. The van der Waals surface area contributed by atoms with Gasteiger partial charge in [0.05, 0.1) is 0 Å². The monoisotopic (exact) mass is 189 g/mol. The van der Waals surface area contributed by atoms with Crippen LogP contribution < -0.4 is 5.32 Å². The predicted molar refractivity (Wildman–Crippen MR) is 50.6 cm³/mol. The molecule has 3 N–H and O–H groups in total. The number of carboxylic acids is 1. The molecule has 0 aromatic heterocycles. The van der Waals surface area contributed by atoms with Crippen LogP contribution >= 0.6 is 0 Å². The van der Waals surface area contributed by atoms with Crippen molar-refractivity contribution in [2.45, 2.75) is 32.7 Å². The number of nitrogens with one attached hydrogen (secondary N) is 1. The normalized spacial score (nSPS) is 15.3. The molecule has 2 unspecified atom stereocenters. The summed E-state index contributed by atoms with van der Waals surface area (Å²) < 4.78 is 0. The first-order valence-electron chi connectivity index (χ1n) is 4.68. The Morgan fingerprint density at radius 2 is 2.15 bits per heavy atom. The number of hydrogen-bond donors (Lipinski definition) is 3. The topological polar surface area (TPSA) is 69.6 Å². The summed E-state index contributed by atoms with van der Waals surface area (Å²) in [6.45, 7) is 4.48. The Morgan fingerprint density at radius 1 is 1.54 bits per heavy atom. The van der Waals surface area contributed by atoms with Crippen LogP contribution in [0.15, 0.2) is 0 Å². The second-order valence-electron chi connectivity index (χ2n) is 3.25. The highest BCUT2D eigenvalue weighted by molar-refractivity contribution is 5.72. The van der Waals surface area contributed by atoms with Gasteiger partial charge in [0.1, 0.15) is 6.04 Å². The quantitative estimate of drug-likeness (QED) is 0.544.